The van der Waals surface area contributed by atoms with Crippen molar-refractivity contribution in [2.24, 2.45) is 0 Å². The van der Waals surface area contributed by atoms with Crippen LogP contribution in [0.4, 0.5) is 13.2 Å². The highest BCUT2D eigenvalue weighted by Gasteiger charge is 2.31. The van der Waals surface area contributed by atoms with E-state index in [1.807, 2.05) is 0 Å². The number of rotatable bonds is 4. The maximum Gasteiger partial charge on any atom is 0.417 e. The van der Waals surface area contributed by atoms with Gasteiger partial charge in [-0.3, -0.25) is 9.20 Å². The highest BCUT2D eigenvalue weighted by atomic mass is 32.2. The van der Waals surface area contributed by atoms with E-state index in [-0.39, 0.29) is 22.8 Å². The molecule has 6 nitrogen and oxygen atoms in total. The molecule has 28 heavy (non-hydrogen) atoms. The zero-order chi connectivity index (χ0) is 20.7. The first-order valence-electron chi connectivity index (χ1n) is 8.10. The van der Waals surface area contributed by atoms with Gasteiger partial charge < -0.3 is 5.32 Å². The molecule has 0 atom stereocenters. The lowest BCUT2D eigenvalue weighted by Crippen LogP contribution is -2.25. The minimum absolute atomic E-state index is 0.00820. The number of benzene rings is 1. The van der Waals surface area contributed by atoms with Gasteiger partial charge in [0, 0.05) is 19.0 Å². The van der Waals surface area contributed by atoms with Crippen molar-refractivity contribution in [2.45, 2.75) is 24.5 Å². The van der Waals surface area contributed by atoms with Gasteiger partial charge >= 0.3 is 6.18 Å². The zero-order valence-electron chi connectivity index (χ0n) is 14.9. The SMILES string of the molecule is Cc1nc2ccc(C(F)(F)F)cn2c1C(=O)NCc1ccc(S(C)(=O)=O)cc1. The summed E-state index contributed by atoms with van der Waals surface area (Å²) >= 11 is 0. The average molecular weight is 411 g/mol. The summed E-state index contributed by atoms with van der Waals surface area (Å²) in [7, 11) is -3.32. The van der Waals surface area contributed by atoms with Crippen molar-refractivity contribution in [3.8, 4) is 0 Å². The van der Waals surface area contributed by atoms with Crippen molar-refractivity contribution in [1.82, 2.24) is 14.7 Å². The van der Waals surface area contributed by atoms with Gasteiger partial charge in [-0.15, -0.1) is 0 Å². The predicted molar refractivity (Wildman–Crippen MR) is 95.7 cm³/mol. The van der Waals surface area contributed by atoms with Gasteiger partial charge in [-0.05, 0) is 36.8 Å². The summed E-state index contributed by atoms with van der Waals surface area (Å²) in [5.74, 6) is -0.587. The molecule has 2 heterocycles. The van der Waals surface area contributed by atoms with Crippen molar-refractivity contribution in [3.63, 3.8) is 0 Å². The Morgan fingerprint density at radius 2 is 1.79 bits per heavy atom. The maximum absolute atomic E-state index is 13.0. The minimum Gasteiger partial charge on any atom is -0.347 e. The van der Waals surface area contributed by atoms with Crippen LogP contribution in [0.5, 0.6) is 0 Å². The van der Waals surface area contributed by atoms with E-state index in [0.717, 1.165) is 22.9 Å². The summed E-state index contributed by atoms with van der Waals surface area (Å²) in [6.07, 6.45) is -2.61. The van der Waals surface area contributed by atoms with Crippen molar-refractivity contribution >= 4 is 21.4 Å². The second kappa shape index (κ2) is 6.93. The summed E-state index contributed by atoms with van der Waals surface area (Å²) in [5, 5.41) is 2.62. The number of hydrogen-bond donors (Lipinski definition) is 1. The molecule has 1 aromatic carbocycles. The summed E-state index contributed by atoms with van der Waals surface area (Å²) in [6.45, 7) is 1.62. The smallest absolute Gasteiger partial charge is 0.347 e. The molecule has 2 aromatic heterocycles. The number of sulfone groups is 1. The number of halogens is 3. The number of fused-ring (bicyclic) bond motifs is 1. The lowest BCUT2D eigenvalue weighted by atomic mass is 10.2. The number of alkyl halides is 3. The van der Waals surface area contributed by atoms with E-state index in [2.05, 4.69) is 10.3 Å². The fraction of sp³-hybridized carbons (Fsp3) is 0.222. The van der Waals surface area contributed by atoms with E-state index < -0.39 is 27.5 Å². The largest absolute Gasteiger partial charge is 0.417 e. The number of hydrogen-bond acceptors (Lipinski definition) is 4. The third-order valence-corrected chi connectivity index (χ3v) is 5.27. The van der Waals surface area contributed by atoms with Crippen LogP contribution in [0.3, 0.4) is 0 Å². The van der Waals surface area contributed by atoms with Crippen molar-refractivity contribution < 1.29 is 26.4 Å². The number of aryl methyl sites for hydroxylation is 1. The number of imidazole rings is 1. The van der Waals surface area contributed by atoms with Crippen LogP contribution < -0.4 is 5.32 Å². The number of carbonyl (C=O) groups excluding carboxylic acids is 1. The molecule has 148 valence electrons. The van der Waals surface area contributed by atoms with Crippen LogP contribution in [-0.4, -0.2) is 30.0 Å². The Morgan fingerprint density at radius 1 is 1.14 bits per heavy atom. The molecule has 0 aliphatic rings. The first-order valence-corrected chi connectivity index (χ1v) is 9.99. The van der Waals surface area contributed by atoms with Crippen LogP contribution in [0.15, 0.2) is 47.5 Å². The Bertz CT molecular complexity index is 1150. The third kappa shape index (κ3) is 4.01. The number of nitrogens with one attached hydrogen (secondary N) is 1. The van der Waals surface area contributed by atoms with E-state index in [1.54, 1.807) is 12.1 Å². The van der Waals surface area contributed by atoms with E-state index >= 15 is 0 Å². The van der Waals surface area contributed by atoms with Crippen molar-refractivity contribution in [1.29, 1.82) is 0 Å². The first kappa shape index (κ1) is 19.9. The minimum atomic E-state index is -4.54. The number of pyridine rings is 1. The Kier molecular flexibility index (Phi) is 4.92. The molecular weight excluding hydrogens is 395 g/mol. The summed E-state index contributed by atoms with van der Waals surface area (Å²) in [4.78, 5) is 16.8. The molecule has 0 fully saturated rings. The van der Waals surface area contributed by atoms with Crippen LogP contribution in [-0.2, 0) is 22.6 Å². The fourth-order valence-electron chi connectivity index (χ4n) is 2.72. The molecule has 3 aromatic rings. The molecule has 0 spiro atoms. The molecule has 0 aliphatic carbocycles. The molecule has 1 N–H and O–H groups in total. The molecular formula is C18H16F3N3O3S. The predicted octanol–water partition coefficient (Wildman–Crippen LogP) is 3.00. The van der Waals surface area contributed by atoms with Crippen LogP contribution in [0.25, 0.3) is 5.65 Å². The Balaban J connectivity index is 1.84. The maximum atomic E-state index is 13.0. The van der Waals surface area contributed by atoms with Crippen LogP contribution in [0.1, 0.15) is 27.3 Å². The van der Waals surface area contributed by atoms with Gasteiger partial charge in [0.1, 0.15) is 11.3 Å². The third-order valence-electron chi connectivity index (χ3n) is 4.14. The summed E-state index contributed by atoms with van der Waals surface area (Å²) in [5.41, 5.74) is 0.289. The molecule has 1 amide bonds. The molecule has 3 rings (SSSR count). The molecule has 0 bridgehead atoms. The molecule has 0 unspecified atom stereocenters. The quantitative estimate of drug-likeness (QED) is 0.716. The lowest BCUT2D eigenvalue weighted by Gasteiger charge is -2.09. The van der Waals surface area contributed by atoms with Crippen molar-refractivity contribution in [3.05, 3.63) is 65.1 Å². The normalized spacial score (nSPS) is 12.3. The van der Waals surface area contributed by atoms with Gasteiger partial charge in [0.25, 0.3) is 5.91 Å². The Morgan fingerprint density at radius 3 is 2.36 bits per heavy atom. The van der Waals surface area contributed by atoms with Crippen LogP contribution in [0, 0.1) is 6.92 Å². The molecule has 0 aliphatic heterocycles. The summed E-state index contributed by atoms with van der Waals surface area (Å²) < 4.78 is 62.9. The Labute approximate surface area is 158 Å². The highest BCUT2D eigenvalue weighted by Crippen LogP contribution is 2.29. The monoisotopic (exact) mass is 411 g/mol. The van der Waals surface area contributed by atoms with Crippen LogP contribution >= 0.6 is 0 Å². The molecule has 0 saturated carbocycles. The first-order chi connectivity index (χ1) is 13.0. The second-order valence-corrected chi connectivity index (χ2v) is 8.30. The summed E-state index contributed by atoms with van der Waals surface area (Å²) in [6, 6.07) is 8.07. The second-order valence-electron chi connectivity index (χ2n) is 6.29. The standard InChI is InChI=1S/C18H16F3N3O3S/c1-11-16(24-10-13(18(19,20)21)5-8-15(24)23-11)17(25)22-9-12-3-6-14(7-4-12)28(2,26)27/h3-8,10H,9H2,1-2H3,(H,22,25). The van der Waals surface area contributed by atoms with E-state index in [9.17, 15) is 26.4 Å². The van der Waals surface area contributed by atoms with Gasteiger partial charge in [-0.25, -0.2) is 13.4 Å². The zero-order valence-corrected chi connectivity index (χ0v) is 15.7. The number of carbonyl (C=O) groups is 1. The molecule has 0 saturated heterocycles. The fourth-order valence-corrected chi connectivity index (χ4v) is 3.35. The van der Waals surface area contributed by atoms with Gasteiger partial charge in [0.05, 0.1) is 16.2 Å². The molecule has 10 heteroatoms. The van der Waals surface area contributed by atoms with E-state index in [4.69, 9.17) is 0 Å². The van der Waals surface area contributed by atoms with Gasteiger partial charge in [0.2, 0.25) is 0 Å². The Hall–Kier alpha value is -2.88. The number of nitrogens with zero attached hydrogens (tertiary/aromatic N) is 2. The van der Waals surface area contributed by atoms with E-state index in [1.165, 1.54) is 25.1 Å². The lowest BCUT2D eigenvalue weighted by molar-refractivity contribution is -0.137. The van der Waals surface area contributed by atoms with Crippen molar-refractivity contribution in [2.75, 3.05) is 6.26 Å². The topological polar surface area (TPSA) is 80.5 Å². The highest BCUT2D eigenvalue weighted by molar-refractivity contribution is 7.90. The van der Waals surface area contributed by atoms with Gasteiger partial charge in [0.15, 0.2) is 9.84 Å². The van der Waals surface area contributed by atoms with Gasteiger partial charge in [-0.2, -0.15) is 13.2 Å². The number of amides is 1. The number of aromatic nitrogens is 2. The van der Waals surface area contributed by atoms with E-state index in [0.29, 0.717) is 11.3 Å². The average Bonchev–Trinajstić information content (AvgIpc) is 2.93. The molecule has 0 radical (unpaired) electrons. The van der Waals surface area contributed by atoms with Gasteiger partial charge in [-0.1, -0.05) is 12.1 Å². The van der Waals surface area contributed by atoms with Crippen LogP contribution in [0.2, 0.25) is 0 Å².